The number of nitrogen functional groups attached to an aromatic ring is 1. The predicted molar refractivity (Wildman–Crippen MR) is 108 cm³/mol. The predicted octanol–water partition coefficient (Wildman–Crippen LogP) is 1.47. The van der Waals surface area contributed by atoms with Crippen LogP contribution in [0.4, 0.5) is 17.5 Å². The maximum absolute atomic E-state index is 13.0. The molecule has 28 heavy (non-hydrogen) atoms. The number of morpholine rings is 1. The molecule has 0 aromatic carbocycles. The molecular weight excluding hydrogens is 380 g/mol. The summed E-state index contributed by atoms with van der Waals surface area (Å²) in [5, 5.41) is -0.0757. The fourth-order valence-corrected chi connectivity index (χ4v) is 4.44. The van der Waals surface area contributed by atoms with Crippen LogP contribution in [-0.2, 0) is 19.2 Å². The fraction of sp³-hybridized carbons (Fsp3) is 0.500. The number of anilines is 2. The van der Waals surface area contributed by atoms with Crippen LogP contribution < -0.4 is 10.6 Å². The molecular formula is C18H24N6O3S. The minimum Gasteiger partial charge on any atom is -0.384 e. The zero-order valence-electron chi connectivity index (χ0n) is 15.9. The Kier molecular flexibility index (Phi) is 5.17. The monoisotopic (exact) mass is 404 g/mol. The van der Waals surface area contributed by atoms with Gasteiger partial charge in [0.05, 0.1) is 47.4 Å². The normalized spacial score (nSPS) is 22.4. The molecule has 4 rings (SSSR count). The SMILES string of the molecule is C[C@@H]1COCCN1c1cc(N=[S@](C)(=O)C2COC2)nc(-c2ccnc(N)c2)n1. The smallest absolute Gasteiger partial charge is 0.167 e. The molecule has 2 aliphatic heterocycles. The van der Waals surface area contributed by atoms with E-state index in [0.717, 1.165) is 11.4 Å². The van der Waals surface area contributed by atoms with Gasteiger partial charge in [-0.25, -0.2) is 19.2 Å². The third-order valence-corrected chi connectivity index (χ3v) is 6.96. The van der Waals surface area contributed by atoms with E-state index in [0.29, 0.717) is 50.4 Å². The van der Waals surface area contributed by atoms with E-state index < -0.39 is 9.73 Å². The molecule has 2 aliphatic rings. The lowest BCUT2D eigenvalue weighted by Gasteiger charge is -2.34. The number of hydrogen-bond acceptors (Lipinski definition) is 9. The van der Waals surface area contributed by atoms with Crippen LogP contribution >= 0.6 is 0 Å². The fourth-order valence-electron chi connectivity index (χ4n) is 3.13. The number of hydrogen-bond donors (Lipinski definition) is 1. The third kappa shape index (κ3) is 3.94. The number of nitrogens with zero attached hydrogens (tertiary/aromatic N) is 5. The van der Waals surface area contributed by atoms with Crippen molar-refractivity contribution in [3.63, 3.8) is 0 Å². The number of rotatable bonds is 4. The van der Waals surface area contributed by atoms with Crippen LogP contribution in [0.3, 0.4) is 0 Å². The Bertz CT molecular complexity index is 987. The Morgan fingerprint density at radius 2 is 2.07 bits per heavy atom. The van der Waals surface area contributed by atoms with E-state index in [1.165, 1.54) is 0 Å². The van der Waals surface area contributed by atoms with Gasteiger partial charge in [0, 0.05) is 30.6 Å². The summed E-state index contributed by atoms with van der Waals surface area (Å²) in [5.74, 6) is 1.99. The van der Waals surface area contributed by atoms with Crippen molar-refractivity contribution in [2.75, 3.05) is 49.9 Å². The van der Waals surface area contributed by atoms with Crippen LogP contribution in [0.1, 0.15) is 6.92 Å². The summed E-state index contributed by atoms with van der Waals surface area (Å²) >= 11 is 0. The van der Waals surface area contributed by atoms with Crippen molar-refractivity contribution in [3.05, 3.63) is 24.4 Å². The highest BCUT2D eigenvalue weighted by Gasteiger charge is 2.28. The average molecular weight is 404 g/mol. The van der Waals surface area contributed by atoms with Crippen LogP contribution in [0.2, 0.25) is 0 Å². The molecule has 4 heterocycles. The van der Waals surface area contributed by atoms with Gasteiger partial charge < -0.3 is 20.1 Å². The van der Waals surface area contributed by atoms with Gasteiger partial charge in [0.2, 0.25) is 0 Å². The second kappa shape index (κ2) is 7.61. The molecule has 2 saturated heterocycles. The van der Waals surface area contributed by atoms with Crippen molar-refractivity contribution in [1.82, 2.24) is 15.0 Å². The van der Waals surface area contributed by atoms with E-state index in [4.69, 9.17) is 20.2 Å². The van der Waals surface area contributed by atoms with Crippen molar-refractivity contribution >= 4 is 27.2 Å². The molecule has 2 N–H and O–H groups in total. The summed E-state index contributed by atoms with van der Waals surface area (Å²) in [7, 11) is -2.47. The second-order valence-electron chi connectivity index (χ2n) is 7.11. The van der Waals surface area contributed by atoms with E-state index >= 15 is 0 Å². The first-order valence-electron chi connectivity index (χ1n) is 9.16. The summed E-state index contributed by atoms with van der Waals surface area (Å²) < 4.78 is 28.2. The highest BCUT2D eigenvalue weighted by Crippen LogP contribution is 2.28. The lowest BCUT2D eigenvalue weighted by Crippen LogP contribution is -2.44. The summed E-state index contributed by atoms with van der Waals surface area (Å²) in [6.07, 6.45) is 3.27. The van der Waals surface area contributed by atoms with Crippen LogP contribution in [0.25, 0.3) is 11.4 Å². The van der Waals surface area contributed by atoms with E-state index in [9.17, 15) is 4.21 Å². The Balaban J connectivity index is 1.81. The van der Waals surface area contributed by atoms with Gasteiger partial charge >= 0.3 is 0 Å². The molecule has 0 saturated carbocycles. The summed E-state index contributed by atoms with van der Waals surface area (Å²) in [6.45, 7) is 4.97. The molecule has 2 fully saturated rings. The Hall–Kier alpha value is -2.30. The quantitative estimate of drug-likeness (QED) is 0.814. The van der Waals surface area contributed by atoms with Crippen LogP contribution in [0.15, 0.2) is 28.8 Å². The molecule has 150 valence electrons. The van der Waals surface area contributed by atoms with Crippen molar-refractivity contribution < 1.29 is 13.7 Å². The zero-order chi connectivity index (χ0) is 19.7. The van der Waals surface area contributed by atoms with Gasteiger partial charge in [0.1, 0.15) is 11.6 Å². The van der Waals surface area contributed by atoms with Gasteiger partial charge in [-0.05, 0) is 19.1 Å². The third-order valence-electron chi connectivity index (χ3n) is 4.90. The van der Waals surface area contributed by atoms with Crippen molar-refractivity contribution in [3.8, 4) is 11.4 Å². The molecule has 2 aromatic heterocycles. The lowest BCUT2D eigenvalue weighted by molar-refractivity contribution is 0.0431. The van der Waals surface area contributed by atoms with E-state index in [1.54, 1.807) is 30.7 Å². The summed E-state index contributed by atoms with van der Waals surface area (Å²) in [5.41, 5.74) is 6.56. The molecule has 10 heteroatoms. The molecule has 0 aliphatic carbocycles. The van der Waals surface area contributed by atoms with Gasteiger partial charge in [-0.1, -0.05) is 0 Å². The summed E-state index contributed by atoms with van der Waals surface area (Å²) in [6, 6.07) is 5.47. The first-order chi connectivity index (χ1) is 13.4. The van der Waals surface area contributed by atoms with Crippen LogP contribution in [0.5, 0.6) is 0 Å². The van der Waals surface area contributed by atoms with E-state index in [2.05, 4.69) is 26.2 Å². The maximum Gasteiger partial charge on any atom is 0.167 e. The van der Waals surface area contributed by atoms with Crippen LogP contribution in [0, 0.1) is 0 Å². The topological polar surface area (TPSA) is 116 Å². The first kappa shape index (κ1) is 19.0. The van der Waals surface area contributed by atoms with Gasteiger partial charge in [0.25, 0.3) is 0 Å². The number of aromatic nitrogens is 3. The highest BCUT2D eigenvalue weighted by atomic mass is 32.2. The molecule has 2 atom stereocenters. The van der Waals surface area contributed by atoms with Gasteiger partial charge in [-0.15, -0.1) is 0 Å². The van der Waals surface area contributed by atoms with Gasteiger partial charge in [0.15, 0.2) is 11.6 Å². The lowest BCUT2D eigenvalue weighted by atomic mass is 10.2. The molecule has 2 aromatic rings. The Labute approximate surface area is 164 Å². The maximum atomic E-state index is 13.0. The minimum absolute atomic E-state index is 0.0757. The molecule has 9 nitrogen and oxygen atoms in total. The number of pyridine rings is 1. The van der Waals surface area contributed by atoms with E-state index in [1.807, 2.05) is 0 Å². The molecule has 0 spiro atoms. The molecule has 0 bridgehead atoms. The van der Waals surface area contributed by atoms with Crippen molar-refractivity contribution in [2.24, 2.45) is 4.36 Å². The van der Waals surface area contributed by atoms with Crippen LogP contribution in [-0.4, -0.2) is 69.7 Å². The zero-order valence-corrected chi connectivity index (χ0v) is 16.8. The summed E-state index contributed by atoms with van der Waals surface area (Å²) in [4.78, 5) is 15.5. The first-order valence-corrected chi connectivity index (χ1v) is 11.1. The largest absolute Gasteiger partial charge is 0.384 e. The number of ether oxygens (including phenoxy) is 2. The average Bonchev–Trinajstić information content (AvgIpc) is 2.59. The number of nitrogens with two attached hydrogens (primary N) is 1. The molecule has 0 amide bonds. The van der Waals surface area contributed by atoms with Crippen molar-refractivity contribution in [1.29, 1.82) is 0 Å². The second-order valence-corrected chi connectivity index (χ2v) is 9.68. The Morgan fingerprint density at radius 1 is 1.25 bits per heavy atom. The van der Waals surface area contributed by atoms with Gasteiger partial charge in [-0.3, -0.25) is 0 Å². The van der Waals surface area contributed by atoms with Gasteiger partial charge in [-0.2, -0.15) is 4.36 Å². The minimum atomic E-state index is -2.47. The molecule has 0 radical (unpaired) electrons. The van der Waals surface area contributed by atoms with Crippen molar-refractivity contribution in [2.45, 2.75) is 18.2 Å². The standard InChI is InChI=1S/C18H24N6O3S/c1-12-9-26-6-5-24(12)17-8-16(23-28(2,25)14-10-27-11-14)21-18(22-17)13-3-4-20-15(19)7-13/h3-4,7-8,12,14H,5-6,9-11H2,1-2H3,(H2,19,20)/t12-,28-/m1/s1. The molecule has 0 unspecified atom stereocenters. The highest BCUT2D eigenvalue weighted by molar-refractivity contribution is 7.93. The Morgan fingerprint density at radius 3 is 2.75 bits per heavy atom. The van der Waals surface area contributed by atoms with E-state index in [-0.39, 0.29) is 11.3 Å².